The maximum absolute atomic E-state index is 12.3. The number of carbonyl (C=O) groups excluding carboxylic acids is 1. The molecule has 0 aromatic rings. The lowest BCUT2D eigenvalue weighted by atomic mass is 10.1. The van der Waals surface area contributed by atoms with Crippen LogP contribution >= 0.6 is 21.8 Å². The molecular formula is C19H30OS2. The zero-order chi connectivity index (χ0) is 15.8. The molecule has 0 amide bonds. The summed E-state index contributed by atoms with van der Waals surface area (Å²) in [7, 11) is -0.615. The predicted molar refractivity (Wildman–Crippen MR) is 106 cm³/mol. The van der Waals surface area contributed by atoms with Gasteiger partial charge in [0.15, 0.2) is 0 Å². The molecule has 124 valence electrons. The van der Waals surface area contributed by atoms with E-state index < -0.39 is 0 Å². The van der Waals surface area contributed by atoms with Crippen LogP contribution in [0.5, 0.6) is 0 Å². The zero-order valence-corrected chi connectivity index (χ0v) is 15.7. The summed E-state index contributed by atoms with van der Waals surface area (Å²) in [6.45, 7) is 4.45. The van der Waals surface area contributed by atoms with Crippen LogP contribution in [0.2, 0.25) is 0 Å². The number of carbonyl (C=O) groups is 1. The van der Waals surface area contributed by atoms with Gasteiger partial charge >= 0.3 is 0 Å². The molecule has 0 radical (unpaired) electrons. The first kappa shape index (κ1) is 17.7. The molecule has 0 saturated heterocycles. The normalized spacial score (nSPS) is 26.3. The van der Waals surface area contributed by atoms with Crippen LogP contribution in [0, 0.1) is 0 Å². The van der Waals surface area contributed by atoms with E-state index >= 15 is 0 Å². The second kappa shape index (κ2) is 9.46. The molecule has 2 atom stereocenters. The first-order valence-corrected chi connectivity index (χ1v) is 11.8. The molecule has 0 N–H and O–H groups in total. The van der Waals surface area contributed by atoms with Gasteiger partial charge in [-0.2, -0.15) is 0 Å². The van der Waals surface area contributed by atoms with Crippen LogP contribution in [0.3, 0.4) is 0 Å². The smallest absolute Gasteiger partial charge is 0.150 e. The molecule has 3 heteroatoms. The Morgan fingerprint density at radius 2 is 1.32 bits per heavy atom. The second-order valence-electron chi connectivity index (χ2n) is 6.13. The van der Waals surface area contributed by atoms with Crippen LogP contribution in [0.4, 0.5) is 0 Å². The molecule has 1 nitrogen and oxygen atoms in total. The Balaban J connectivity index is 1.73. The molecule has 0 saturated carbocycles. The second-order valence-corrected chi connectivity index (χ2v) is 9.93. The molecule has 0 bridgehead atoms. The third kappa shape index (κ3) is 5.85. The number of rotatable bonds is 10. The fourth-order valence-electron chi connectivity index (χ4n) is 2.69. The molecule has 0 aromatic heterocycles. The fraction of sp³-hybridized carbons (Fsp3) is 0.526. The van der Waals surface area contributed by atoms with Crippen LogP contribution in [0.1, 0.15) is 52.4 Å². The minimum atomic E-state index is -0.308. The van der Waals surface area contributed by atoms with E-state index in [2.05, 4.69) is 47.6 Å². The fourth-order valence-corrected chi connectivity index (χ4v) is 6.52. The van der Waals surface area contributed by atoms with E-state index in [9.17, 15) is 4.79 Å². The molecule has 0 spiro atoms. The highest BCUT2D eigenvalue weighted by molar-refractivity contribution is 8.24. The molecule has 2 unspecified atom stereocenters. The third-order valence-corrected chi connectivity index (χ3v) is 7.81. The number of unbranched alkanes of at least 4 members (excludes halogenated alkanes) is 2. The minimum absolute atomic E-state index is 0.308. The number of hydrogen-bond acceptors (Lipinski definition) is 1. The van der Waals surface area contributed by atoms with E-state index in [-0.39, 0.29) is 21.8 Å². The Morgan fingerprint density at radius 1 is 0.864 bits per heavy atom. The largest absolute Gasteiger partial charge is 0.298 e. The molecule has 0 aliphatic carbocycles. The first-order chi connectivity index (χ1) is 10.7. The van der Waals surface area contributed by atoms with Crippen molar-refractivity contribution < 1.29 is 4.79 Å². The van der Waals surface area contributed by atoms with Gasteiger partial charge in [0.2, 0.25) is 0 Å². The monoisotopic (exact) mass is 338 g/mol. The standard InChI is InChI=1S/C19H30OS2/c1-3-5-7-17-9-11-21(13-17)15-19(20)16-22-12-10-18(14-22)8-6-4-2/h9-14,21-22H,3-8,15-16H2,1-2H3. The van der Waals surface area contributed by atoms with Crippen LogP contribution in [0.15, 0.2) is 44.9 Å². The summed E-state index contributed by atoms with van der Waals surface area (Å²) in [5.74, 6) is 1.96. The zero-order valence-electron chi connectivity index (χ0n) is 13.9. The summed E-state index contributed by atoms with van der Waals surface area (Å²) in [5.41, 5.74) is 2.91. The Morgan fingerprint density at radius 3 is 1.73 bits per heavy atom. The van der Waals surface area contributed by atoms with Gasteiger partial charge in [0, 0.05) is 11.5 Å². The summed E-state index contributed by atoms with van der Waals surface area (Å²) < 4.78 is 0. The van der Waals surface area contributed by atoms with E-state index in [1.165, 1.54) is 49.7 Å². The Hall–Kier alpha value is -0.670. The quantitative estimate of drug-likeness (QED) is 0.484. The summed E-state index contributed by atoms with van der Waals surface area (Å²) in [4.78, 5) is 12.3. The summed E-state index contributed by atoms with van der Waals surface area (Å²) in [5, 5.41) is 9.28. The average molecular weight is 339 g/mol. The number of Topliss-reactive ketones (excluding diaryl/α,β-unsaturated/α-hetero) is 1. The van der Waals surface area contributed by atoms with Crippen LogP contribution in [0.25, 0.3) is 0 Å². The Kier molecular flexibility index (Phi) is 7.61. The van der Waals surface area contributed by atoms with E-state index in [0.717, 1.165) is 11.5 Å². The number of allylic oxidation sites excluding steroid dienone is 4. The molecule has 0 fully saturated rings. The van der Waals surface area contributed by atoms with Gasteiger partial charge in [0.05, 0.1) is 0 Å². The van der Waals surface area contributed by atoms with Crippen molar-refractivity contribution in [1.29, 1.82) is 0 Å². The maximum Gasteiger partial charge on any atom is 0.150 e. The lowest BCUT2D eigenvalue weighted by molar-refractivity contribution is -0.114. The number of ketones is 1. The molecule has 2 heterocycles. The van der Waals surface area contributed by atoms with Crippen LogP contribution < -0.4 is 0 Å². The highest BCUT2D eigenvalue weighted by Gasteiger charge is 2.14. The van der Waals surface area contributed by atoms with E-state index in [1.807, 2.05) is 0 Å². The van der Waals surface area contributed by atoms with E-state index in [0.29, 0.717) is 5.78 Å². The number of hydrogen-bond donors (Lipinski definition) is 2. The predicted octanol–water partition coefficient (Wildman–Crippen LogP) is 5.76. The van der Waals surface area contributed by atoms with Crippen molar-refractivity contribution in [2.75, 3.05) is 11.5 Å². The highest BCUT2D eigenvalue weighted by Crippen LogP contribution is 2.41. The summed E-state index contributed by atoms with van der Waals surface area (Å²) in [6, 6.07) is 0. The van der Waals surface area contributed by atoms with Gasteiger partial charge in [0.25, 0.3) is 0 Å². The topological polar surface area (TPSA) is 17.1 Å². The number of thiol groups is 2. The van der Waals surface area contributed by atoms with Gasteiger partial charge < -0.3 is 0 Å². The Bertz CT molecular complexity index is 456. The first-order valence-electron chi connectivity index (χ1n) is 8.52. The lowest BCUT2D eigenvalue weighted by Gasteiger charge is -2.12. The van der Waals surface area contributed by atoms with Crippen LogP contribution in [-0.4, -0.2) is 17.3 Å². The van der Waals surface area contributed by atoms with Crippen molar-refractivity contribution >= 4 is 27.6 Å². The maximum atomic E-state index is 12.3. The van der Waals surface area contributed by atoms with Crippen LogP contribution in [-0.2, 0) is 4.79 Å². The van der Waals surface area contributed by atoms with E-state index in [1.54, 1.807) is 0 Å². The highest BCUT2D eigenvalue weighted by atomic mass is 32.2. The molecule has 2 aliphatic rings. The van der Waals surface area contributed by atoms with Crippen molar-refractivity contribution in [3.05, 3.63) is 44.9 Å². The van der Waals surface area contributed by atoms with Gasteiger partial charge in [-0.05, 0) is 58.5 Å². The van der Waals surface area contributed by atoms with Crippen molar-refractivity contribution in [3.8, 4) is 0 Å². The van der Waals surface area contributed by atoms with Gasteiger partial charge in [-0.15, -0.1) is 0 Å². The molecule has 0 aromatic carbocycles. The van der Waals surface area contributed by atoms with Gasteiger partial charge in [-0.25, -0.2) is 21.8 Å². The van der Waals surface area contributed by atoms with Crippen molar-refractivity contribution in [2.45, 2.75) is 52.4 Å². The molecule has 22 heavy (non-hydrogen) atoms. The van der Waals surface area contributed by atoms with Gasteiger partial charge in [-0.3, -0.25) is 4.79 Å². The van der Waals surface area contributed by atoms with Gasteiger partial charge in [-0.1, -0.05) is 38.8 Å². The third-order valence-electron chi connectivity index (χ3n) is 3.98. The molecule has 2 rings (SSSR count). The van der Waals surface area contributed by atoms with E-state index in [4.69, 9.17) is 0 Å². The van der Waals surface area contributed by atoms with Crippen molar-refractivity contribution in [2.24, 2.45) is 0 Å². The molecular weight excluding hydrogens is 308 g/mol. The van der Waals surface area contributed by atoms with Crippen molar-refractivity contribution in [1.82, 2.24) is 0 Å². The minimum Gasteiger partial charge on any atom is -0.298 e. The average Bonchev–Trinajstić information content (AvgIpc) is 3.12. The summed E-state index contributed by atoms with van der Waals surface area (Å²) >= 11 is 0. The van der Waals surface area contributed by atoms with Gasteiger partial charge in [0.1, 0.15) is 5.78 Å². The SMILES string of the molecule is CCCCC1=C[SH](CC(=O)C[SH]2C=CC(CCCC)=C2)C=C1. The van der Waals surface area contributed by atoms with Crippen molar-refractivity contribution in [3.63, 3.8) is 0 Å². The Labute approximate surface area is 141 Å². The summed E-state index contributed by atoms with van der Waals surface area (Å²) in [6.07, 6.45) is 11.9. The molecule has 2 aliphatic heterocycles. The lowest BCUT2D eigenvalue weighted by Crippen LogP contribution is -2.07.